The molecule has 138 valence electrons. The Balaban J connectivity index is 1.61. The Morgan fingerprint density at radius 2 is 2.19 bits per heavy atom. The van der Waals surface area contributed by atoms with E-state index in [0.29, 0.717) is 23.6 Å². The van der Waals surface area contributed by atoms with Gasteiger partial charge in [0.1, 0.15) is 5.75 Å². The molecule has 1 atom stereocenters. The second-order valence-electron chi connectivity index (χ2n) is 6.20. The number of nitrogens with one attached hydrogen (secondary N) is 1. The van der Waals surface area contributed by atoms with Crippen molar-refractivity contribution in [3.05, 3.63) is 35.5 Å². The predicted molar refractivity (Wildman–Crippen MR) is 95.3 cm³/mol. The molecular weight excluding hydrogens is 336 g/mol. The number of ether oxygens (including phenoxy) is 3. The minimum absolute atomic E-state index is 0.0524. The highest BCUT2D eigenvalue weighted by Crippen LogP contribution is 2.22. The molecule has 0 aliphatic carbocycles. The maximum atomic E-state index is 12.3. The number of pyridine rings is 1. The topological polar surface area (TPSA) is 86.8 Å². The van der Waals surface area contributed by atoms with Gasteiger partial charge in [0.05, 0.1) is 30.0 Å². The number of benzene rings is 1. The standard InChI is InChI=1S/C19H22N2O5/c1-12-16(9-13-8-14(24-2)5-6-17(13)21-12)19(23)26-11-18(22)20-10-15-4-3-7-25-15/h5-6,8-9,15H,3-4,7,10-11H2,1-2H3,(H,20,22). The average molecular weight is 358 g/mol. The summed E-state index contributed by atoms with van der Waals surface area (Å²) in [5.74, 6) is -0.245. The van der Waals surface area contributed by atoms with Gasteiger partial charge in [0.2, 0.25) is 0 Å². The van der Waals surface area contributed by atoms with Crippen LogP contribution in [-0.4, -0.2) is 49.8 Å². The summed E-state index contributed by atoms with van der Waals surface area (Å²) in [5, 5.41) is 3.49. The number of rotatable bonds is 6. The van der Waals surface area contributed by atoms with Gasteiger partial charge in [-0.25, -0.2) is 4.79 Å². The molecule has 1 unspecified atom stereocenters. The SMILES string of the molecule is COc1ccc2nc(C)c(C(=O)OCC(=O)NCC3CCCO3)cc2c1. The molecule has 1 fully saturated rings. The summed E-state index contributed by atoms with van der Waals surface area (Å²) >= 11 is 0. The molecule has 3 rings (SSSR count). The van der Waals surface area contributed by atoms with Crippen molar-refractivity contribution in [2.24, 2.45) is 0 Å². The Bertz CT molecular complexity index is 815. The Morgan fingerprint density at radius 3 is 2.92 bits per heavy atom. The van der Waals surface area contributed by atoms with E-state index in [1.54, 1.807) is 26.2 Å². The number of esters is 1. The second-order valence-corrected chi connectivity index (χ2v) is 6.20. The van der Waals surface area contributed by atoms with Gasteiger partial charge >= 0.3 is 5.97 Å². The quantitative estimate of drug-likeness (QED) is 0.795. The minimum Gasteiger partial charge on any atom is -0.497 e. The molecular formula is C19H22N2O5. The summed E-state index contributed by atoms with van der Waals surface area (Å²) in [7, 11) is 1.58. The van der Waals surface area contributed by atoms with Crippen LogP contribution in [0.25, 0.3) is 10.9 Å². The molecule has 2 aromatic rings. The molecule has 0 spiro atoms. The van der Waals surface area contributed by atoms with E-state index in [-0.39, 0.29) is 18.6 Å². The summed E-state index contributed by atoms with van der Waals surface area (Å²) in [6, 6.07) is 7.14. The predicted octanol–water partition coefficient (Wildman–Crippen LogP) is 2.00. The molecule has 0 radical (unpaired) electrons. The van der Waals surface area contributed by atoms with E-state index in [1.165, 1.54) is 0 Å². The lowest BCUT2D eigenvalue weighted by Gasteiger charge is -2.11. The summed E-state index contributed by atoms with van der Waals surface area (Å²) < 4.78 is 15.8. The Morgan fingerprint density at radius 1 is 1.35 bits per heavy atom. The van der Waals surface area contributed by atoms with Crippen LogP contribution in [0.4, 0.5) is 0 Å². The first-order chi connectivity index (χ1) is 12.6. The summed E-state index contributed by atoms with van der Waals surface area (Å²) in [6.45, 7) is 2.57. The summed E-state index contributed by atoms with van der Waals surface area (Å²) in [6.07, 6.45) is 2.00. The van der Waals surface area contributed by atoms with Gasteiger partial charge in [-0.1, -0.05) is 0 Å². The zero-order valence-corrected chi connectivity index (χ0v) is 14.9. The largest absolute Gasteiger partial charge is 0.497 e. The Kier molecular flexibility index (Phi) is 5.68. The van der Waals surface area contributed by atoms with Crippen LogP contribution in [0, 0.1) is 6.92 Å². The molecule has 1 aliphatic rings. The Hall–Kier alpha value is -2.67. The Labute approximate surface area is 151 Å². The van der Waals surface area contributed by atoms with Crippen LogP contribution in [-0.2, 0) is 14.3 Å². The van der Waals surface area contributed by atoms with E-state index in [2.05, 4.69) is 10.3 Å². The van der Waals surface area contributed by atoms with Crippen LogP contribution in [0.5, 0.6) is 5.75 Å². The van der Waals surface area contributed by atoms with Crippen LogP contribution in [0.15, 0.2) is 24.3 Å². The highest BCUT2D eigenvalue weighted by Gasteiger charge is 2.18. The molecule has 1 aromatic carbocycles. The van der Waals surface area contributed by atoms with E-state index < -0.39 is 5.97 Å². The van der Waals surface area contributed by atoms with E-state index >= 15 is 0 Å². The maximum Gasteiger partial charge on any atom is 0.340 e. The number of hydrogen-bond acceptors (Lipinski definition) is 6. The van der Waals surface area contributed by atoms with Crippen molar-refractivity contribution in [3.63, 3.8) is 0 Å². The van der Waals surface area contributed by atoms with Crippen molar-refractivity contribution in [2.75, 3.05) is 26.9 Å². The van der Waals surface area contributed by atoms with Crippen molar-refractivity contribution < 1.29 is 23.8 Å². The molecule has 0 saturated carbocycles. The molecule has 1 amide bonds. The number of aryl methyl sites for hydroxylation is 1. The van der Waals surface area contributed by atoms with E-state index in [1.807, 2.05) is 12.1 Å². The van der Waals surface area contributed by atoms with Gasteiger partial charge in [-0.3, -0.25) is 9.78 Å². The van der Waals surface area contributed by atoms with Crippen LogP contribution in [0.3, 0.4) is 0 Å². The third kappa shape index (κ3) is 4.29. The van der Waals surface area contributed by atoms with Gasteiger partial charge in [-0.05, 0) is 44.0 Å². The summed E-state index contributed by atoms with van der Waals surface area (Å²) in [4.78, 5) is 28.6. The molecule has 1 N–H and O–H groups in total. The first-order valence-corrected chi connectivity index (χ1v) is 8.57. The van der Waals surface area contributed by atoms with Crippen LogP contribution >= 0.6 is 0 Å². The molecule has 1 aliphatic heterocycles. The number of methoxy groups -OCH3 is 1. The fourth-order valence-electron chi connectivity index (χ4n) is 2.88. The van der Waals surface area contributed by atoms with Crippen molar-refractivity contribution in [2.45, 2.75) is 25.9 Å². The fourth-order valence-corrected chi connectivity index (χ4v) is 2.88. The van der Waals surface area contributed by atoms with Crippen molar-refractivity contribution in [3.8, 4) is 5.75 Å². The third-order valence-electron chi connectivity index (χ3n) is 4.32. The normalized spacial score (nSPS) is 16.5. The lowest BCUT2D eigenvalue weighted by atomic mass is 10.1. The van der Waals surface area contributed by atoms with Crippen molar-refractivity contribution >= 4 is 22.8 Å². The maximum absolute atomic E-state index is 12.3. The first kappa shape index (κ1) is 18.1. The van der Waals surface area contributed by atoms with Gasteiger partial charge in [0, 0.05) is 18.5 Å². The minimum atomic E-state index is -0.577. The van der Waals surface area contributed by atoms with Gasteiger partial charge in [-0.2, -0.15) is 0 Å². The molecule has 7 heteroatoms. The summed E-state index contributed by atoms with van der Waals surface area (Å²) in [5.41, 5.74) is 1.64. The lowest BCUT2D eigenvalue weighted by Crippen LogP contribution is -2.34. The van der Waals surface area contributed by atoms with Crippen LogP contribution in [0.1, 0.15) is 28.9 Å². The number of nitrogens with zero attached hydrogens (tertiary/aromatic N) is 1. The molecule has 1 saturated heterocycles. The molecule has 26 heavy (non-hydrogen) atoms. The number of carbonyl (C=O) groups is 2. The number of fused-ring (bicyclic) bond motifs is 1. The number of aromatic nitrogens is 1. The number of amides is 1. The highest BCUT2D eigenvalue weighted by atomic mass is 16.5. The van der Waals surface area contributed by atoms with Gasteiger partial charge < -0.3 is 19.5 Å². The molecule has 7 nitrogen and oxygen atoms in total. The average Bonchev–Trinajstić information content (AvgIpc) is 3.17. The van der Waals surface area contributed by atoms with Crippen molar-refractivity contribution in [1.29, 1.82) is 0 Å². The van der Waals surface area contributed by atoms with Crippen LogP contribution in [0.2, 0.25) is 0 Å². The fraction of sp³-hybridized carbons (Fsp3) is 0.421. The smallest absolute Gasteiger partial charge is 0.340 e. The highest BCUT2D eigenvalue weighted by molar-refractivity contribution is 5.96. The molecule has 0 bridgehead atoms. The lowest BCUT2D eigenvalue weighted by molar-refractivity contribution is -0.124. The zero-order chi connectivity index (χ0) is 18.5. The van der Waals surface area contributed by atoms with Gasteiger partial charge in [0.25, 0.3) is 5.91 Å². The van der Waals surface area contributed by atoms with Gasteiger partial charge in [0.15, 0.2) is 6.61 Å². The molecule has 2 heterocycles. The monoisotopic (exact) mass is 358 g/mol. The van der Waals surface area contributed by atoms with E-state index in [9.17, 15) is 9.59 Å². The third-order valence-corrected chi connectivity index (χ3v) is 4.32. The second kappa shape index (κ2) is 8.14. The van der Waals surface area contributed by atoms with E-state index in [0.717, 1.165) is 30.4 Å². The van der Waals surface area contributed by atoms with Crippen molar-refractivity contribution in [1.82, 2.24) is 10.3 Å². The van der Waals surface area contributed by atoms with Gasteiger partial charge in [-0.15, -0.1) is 0 Å². The van der Waals surface area contributed by atoms with Crippen LogP contribution < -0.4 is 10.1 Å². The van der Waals surface area contributed by atoms with E-state index in [4.69, 9.17) is 14.2 Å². The number of hydrogen-bond donors (Lipinski definition) is 1. The number of carbonyl (C=O) groups excluding carboxylic acids is 2. The molecule has 1 aromatic heterocycles. The first-order valence-electron chi connectivity index (χ1n) is 8.57. The zero-order valence-electron chi connectivity index (χ0n) is 14.9.